The summed E-state index contributed by atoms with van der Waals surface area (Å²) < 4.78 is 26.3. The van der Waals surface area contributed by atoms with Crippen molar-refractivity contribution in [1.29, 1.82) is 0 Å². The molecule has 7 heteroatoms. The van der Waals surface area contributed by atoms with Crippen LogP contribution in [0.4, 0.5) is 5.69 Å². The molecule has 0 amide bonds. The van der Waals surface area contributed by atoms with Crippen LogP contribution in [-0.2, 0) is 10.0 Å². The number of hydrogen-bond acceptors (Lipinski definition) is 4. The Kier molecular flexibility index (Phi) is 4.65. The molecule has 0 aromatic heterocycles. The summed E-state index contributed by atoms with van der Waals surface area (Å²) in [5, 5.41) is 10.5. The van der Waals surface area contributed by atoms with Crippen molar-refractivity contribution in [1.82, 2.24) is 4.72 Å². The van der Waals surface area contributed by atoms with E-state index in [0.29, 0.717) is 13.0 Å². The van der Waals surface area contributed by atoms with Gasteiger partial charge in [-0.1, -0.05) is 20.8 Å². The van der Waals surface area contributed by atoms with Crippen LogP contribution in [0.15, 0.2) is 29.2 Å². The Labute approximate surface area is 113 Å². The molecule has 0 spiro atoms. The van der Waals surface area contributed by atoms with Crippen LogP contribution >= 0.6 is 0 Å². The minimum Gasteiger partial charge on any atom is -0.258 e. The maximum atomic E-state index is 11.9. The van der Waals surface area contributed by atoms with E-state index in [1.54, 1.807) is 0 Å². The molecule has 0 saturated carbocycles. The molecule has 0 heterocycles. The van der Waals surface area contributed by atoms with E-state index in [1.807, 2.05) is 20.8 Å². The van der Waals surface area contributed by atoms with Crippen molar-refractivity contribution in [2.45, 2.75) is 32.1 Å². The van der Waals surface area contributed by atoms with Crippen LogP contribution in [0.2, 0.25) is 0 Å². The van der Waals surface area contributed by atoms with Gasteiger partial charge in [-0.2, -0.15) is 0 Å². The van der Waals surface area contributed by atoms with Crippen LogP contribution in [0.5, 0.6) is 0 Å². The molecule has 0 bridgehead atoms. The van der Waals surface area contributed by atoms with Crippen molar-refractivity contribution in [3.05, 3.63) is 34.4 Å². The molecule has 1 N–H and O–H groups in total. The first-order chi connectivity index (χ1) is 8.62. The number of benzene rings is 1. The fourth-order valence-electron chi connectivity index (χ4n) is 1.39. The van der Waals surface area contributed by atoms with Crippen LogP contribution in [0.25, 0.3) is 0 Å². The maximum Gasteiger partial charge on any atom is 0.269 e. The van der Waals surface area contributed by atoms with E-state index in [0.717, 1.165) is 0 Å². The van der Waals surface area contributed by atoms with Crippen LogP contribution in [0, 0.1) is 15.5 Å². The van der Waals surface area contributed by atoms with Gasteiger partial charge < -0.3 is 0 Å². The molecule has 0 aliphatic rings. The van der Waals surface area contributed by atoms with Gasteiger partial charge in [0.2, 0.25) is 10.0 Å². The first-order valence-electron chi connectivity index (χ1n) is 5.86. The van der Waals surface area contributed by atoms with Crippen molar-refractivity contribution in [2.75, 3.05) is 6.54 Å². The standard InChI is InChI=1S/C12H18N2O4S/c1-12(2,3)8-9-13-19(17,18)11-6-4-10(5-7-11)14(15)16/h4-7,13H,8-9H2,1-3H3. The highest BCUT2D eigenvalue weighted by molar-refractivity contribution is 7.89. The van der Waals surface area contributed by atoms with Gasteiger partial charge >= 0.3 is 0 Å². The summed E-state index contributed by atoms with van der Waals surface area (Å²) in [5.74, 6) is 0. The van der Waals surface area contributed by atoms with Crippen molar-refractivity contribution in [3.8, 4) is 0 Å². The Morgan fingerprint density at radius 3 is 2.16 bits per heavy atom. The topological polar surface area (TPSA) is 89.3 Å². The molecule has 1 aromatic carbocycles. The van der Waals surface area contributed by atoms with Gasteiger partial charge in [-0.15, -0.1) is 0 Å². The Hall–Kier alpha value is -1.47. The Morgan fingerprint density at radius 2 is 1.74 bits per heavy atom. The lowest BCUT2D eigenvalue weighted by atomic mass is 9.93. The molecule has 0 saturated heterocycles. The average molecular weight is 286 g/mol. The highest BCUT2D eigenvalue weighted by Gasteiger charge is 2.17. The lowest BCUT2D eigenvalue weighted by molar-refractivity contribution is -0.384. The van der Waals surface area contributed by atoms with E-state index in [1.165, 1.54) is 24.3 Å². The number of nitrogens with zero attached hydrogens (tertiary/aromatic N) is 1. The minimum absolute atomic E-state index is 0.0343. The third kappa shape index (κ3) is 4.96. The minimum atomic E-state index is -3.60. The van der Waals surface area contributed by atoms with Crippen molar-refractivity contribution < 1.29 is 13.3 Å². The number of sulfonamides is 1. The number of rotatable bonds is 5. The van der Waals surface area contributed by atoms with Crippen LogP contribution in [-0.4, -0.2) is 19.9 Å². The van der Waals surface area contributed by atoms with Crippen molar-refractivity contribution in [2.24, 2.45) is 5.41 Å². The highest BCUT2D eigenvalue weighted by Crippen LogP contribution is 2.19. The van der Waals surface area contributed by atoms with Crippen LogP contribution in [0.3, 0.4) is 0 Å². The third-order valence-corrected chi connectivity index (χ3v) is 4.00. The largest absolute Gasteiger partial charge is 0.269 e. The van der Waals surface area contributed by atoms with Gasteiger partial charge in [-0.25, -0.2) is 13.1 Å². The second-order valence-electron chi connectivity index (χ2n) is 5.46. The zero-order valence-electron chi connectivity index (χ0n) is 11.2. The molecule has 106 valence electrons. The predicted octanol–water partition coefficient (Wildman–Crippen LogP) is 2.31. The summed E-state index contributed by atoms with van der Waals surface area (Å²) in [6, 6.07) is 4.83. The monoisotopic (exact) mass is 286 g/mol. The molecule has 1 aromatic rings. The summed E-state index contributed by atoms with van der Waals surface area (Å²) in [5.41, 5.74) is -0.0912. The van der Waals surface area contributed by atoms with Gasteiger partial charge in [0, 0.05) is 18.7 Å². The molecule has 0 atom stereocenters. The van der Waals surface area contributed by atoms with E-state index in [-0.39, 0.29) is 16.0 Å². The number of nitro groups is 1. The molecule has 0 radical (unpaired) electrons. The summed E-state index contributed by atoms with van der Waals surface area (Å²) in [7, 11) is -3.60. The van der Waals surface area contributed by atoms with Gasteiger partial charge in [0.1, 0.15) is 0 Å². The molecule has 0 unspecified atom stereocenters. The molecule has 6 nitrogen and oxygen atoms in total. The molecule has 0 aliphatic heterocycles. The predicted molar refractivity (Wildman–Crippen MR) is 72.4 cm³/mol. The summed E-state index contributed by atoms with van der Waals surface area (Å²) >= 11 is 0. The fourth-order valence-corrected chi connectivity index (χ4v) is 2.42. The smallest absolute Gasteiger partial charge is 0.258 e. The van der Waals surface area contributed by atoms with Gasteiger partial charge in [0.15, 0.2) is 0 Å². The van der Waals surface area contributed by atoms with E-state index >= 15 is 0 Å². The molecule has 19 heavy (non-hydrogen) atoms. The quantitative estimate of drug-likeness (QED) is 0.664. The SMILES string of the molecule is CC(C)(C)CCNS(=O)(=O)c1ccc([N+](=O)[O-])cc1. The first-order valence-corrected chi connectivity index (χ1v) is 7.34. The summed E-state index contributed by atoms with van der Waals surface area (Å²) in [6.45, 7) is 6.40. The Morgan fingerprint density at radius 1 is 1.21 bits per heavy atom. The number of non-ortho nitro benzene ring substituents is 1. The zero-order valence-corrected chi connectivity index (χ0v) is 12.0. The lowest BCUT2D eigenvalue weighted by Crippen LogP contribution is -2.27. The Balaban J connectivity index is 2.75. The second-order valence-corrected chi connectivity index (χ2v) is 7.23. The second kappa shape index (κ2) is 5.66. The summed E-state index contributed by atoms with van der Waals surface area (Å²) in [4.78, 5) is 9.95. The Bertz CT molecular complexity index is 544. The van der Waals surface area contributed by atoms with Crippen molar-refractivity contribution in [3.63, 3.8) is 0 Å². The maximum absolute atomic E-state index is 11.9. The number of nitro benzene ring substituents is 1. The first kappa shape index (κ1) is 15.6. The zero-order chi connectivity index (χ0) is 14.7. The van der Waals surface area contributed by atoms with Gasteiger partial charge in [0.25, 0.3) is 5.69 Å². The van der Waals surface area contributed by atoms with Gasteiger partial charge in [-0.3, -0.25) is 10.1 Å². The number of nitrogens with one attached hydrogen (secondary N) is 1. The van der Waals surface area contributed by atoms with Crippen LogP contribution in [0.1, 0.15) is 27.2 Å². The highest BCUT2D eigenvalue weighted by atomic mass is 32.2. The van der Waals surface area contributed by atoms with Crippen molar-refractivity contribution >= 4 is 15.7 Å². The number of hydrogen-bond donors (Lipinski definition) is 1. The van der Waals surface area contributed by atoms with E-state index < -0.39 is 14.9 Å². The lowest BCUT2D eigenvalue weighted by Gasteiger charge is -2.18. The van der Waals surface area contributed by atoms with E-state index in [4.69, 9.17) is 0 Å². The fraction of sp³-hybridized carbons (Fsp3) is 0.500. The molecule has 1 rings (SSSR count). The van der Waals surface area contributed by atoms with E-state index in [2.05, 4.69) is 4.72 Å². The average Bonchev–Trinajstić information content (AvgIpc) is 2.27. The summed E-state index contributed by atoms with van der Waals surface area (Å²) in [6.07, 6.45) is 0.708. The van der Waals surface area contributed by atoms with Gasteiger partial charge in [0.05, 0.1) is 9.82 Å². The van der Waals surface area contributed by atoms with Crippen LogP contribution < -0.4 is 4.72 Å². The molecule has 0 fully saturated rings. The van der Waals surface area contributed by atoms with Gasteiger partial charge in [-0.05, 0) is 24.0 Å². The molecular formula is C12H18N2O4S. The molecule has 0 aliphatic carbocycles. The van der Waals surface area contributed by atoms with E-state index in [9.17, 15) is 18.5 Å². The normalized spacial score (nSPS) is 12.4. The third-order valence-electron chi connectivity index (χ3n) is 2.52. The molecular weight excluding hydrogens is 268 g/mol.